The third-order valence-electron chi connectivity index (χ3n) is 6.53. The molecule has 0 spiro atoms. The molecule has 202 valence electrons. The fourth-order valence-corrected chi connectivity index (χ4v) is 4.60. The van der Waals surface area contributed by atoms with Crippen molar-refractivity contribution in [3.63, 3.8) is 0 Å². The minimum atomic E-state index is -4.68. The molecule has 9 nitrogen and oxygen atoms in total. The van der Waals surface area contributed by atoms with Gasteiger partial charge in [-0.3, -0.25) is 14.5 Å². The van der Waals surface area contributed by atoms with E-state index in [1.165, 1.54) is 49.3 Å². The fourth-order valence-electron chi connectivity index (χ4n) is 4.60. The van der Waals surface area contributed by atoms with Crippen molar-refractivity contribution < 1.29 is 37.0 Å². The van der Waals surface area contributed by atoms with Crippen LogP contribution in [0.15, 0.2) is 53.7 Å². The normalized spacial score (nSPS) is 17.4. The van der Waals surface area contributed by atoms with Crippen LogP contribution >= 0.6 is 0 Å². The van der Waals surface area contributed by atoms with E-state index in [1.807, 2.05) is 6.07 Å². The van der Waals surface area contributed by atoms with Gasteiger partial charge in [0.25, 0.3) is 5.91 Å². The first-order valence-electron chi connectivity index (χ1n) is 11.8. The minimum absolute atomic E-state index is 0.0157. The number of benzene rings is 2. The summed E-state index contributed by atoms with van der Waals surface area (Å²) in [5, 5.41) is 5.25. The number of hydrogen-bond donors (Lipinski definition) is 2. The van der Waals surface area contributed by atoms with Gasteiger partial charge in [0.2, 0.25) is 5.91 Å². The highest BCUT2D eigenvalue weighted by Crippen LogP contribution is 2.41. The molecule has 4 amide bonds. The number of likely N-dealkylation sites (N-methyl/N-ethyl adjacent to an activating group) is 1. The number of hydrogen-bond acceptors (Lipinski definition) is 5. The third-order valence-corrected chi connectivity index (χ3v) is 6.53. The molecule has 2 aromatic rings. The second-order valence-electron chi connectivity index (χ2n) is 8.84. The summed E-state index contributed by atoms with van der Waals surface area (Å²) in [7, 11) is 4.48. The number of halogens is 3. The summed E-state index contributed by atoms with van der Waals surface area (Å²) in [6, 6.07) is 8.26. The van der Waals surface area contributed by atoms with E-state index in [-0.39, 0.29) is 36.5 Å². The first kappa shape index (κ1) is 26.8. The highest BCUT2D eigenvalue weighted by molar-refractivity contribution is 6.03. The Hall–Kier alpha value is -4.22. The second kappa shape index (κ2) is 10.6. The lowest BCUT2D eigenvalue weighted by atomic mass is 9.92. The summed E-state index contributed by atoms with van der Waals surface area (Å²) in [5.74, 6) is 0.0969. The van der Waals surface area contributed by atoms with Crippen LogP contribution in [0.2, 0.25) is 0 Å². The van der Waals surface area contributed by atoms with Crippen molar-refractivity contribution in [1.29, 1.82) is 0 Å². The highest BCUT2D eigenvalue weighted by atomic mass is 19.4. The predicted molar refractivity (Wildman–Crippen MR) is 130 cm³/mol. The first-order valence-corrected chi connectivity index (χ1v) is 11.8. The molecule has 0 radical (unpaired) electrons. The summed E-state index contributed by atoms with van der Waals surface area (Å²) in [6.07, 6.45) is -4.19. The second-order valence-corrected chi connectivity index (χ2v) is 8.84. The molecule has 2 aliphatic heterocycles. The van der Waals surface area contributed by atoms with E-state index < -0.39 is 35.6 Å². The summed E-state index contributed by atoms with van der Waals surface area (Å²) in [5.41, 5.74) is -0.000115. The summed E-state index contributed by atoms with van der Waals surface area (Å²) < 4.78 is 51.6. The Bertz CT molecular complexity index is 1290. The third kappa shape index (κ3) is 5.24. The average molecular weight is 533 g/mol. The van der Waals surface area contributed by atoms with Crippen LogP contribution in [-0.2, 0) is 22.2 Å². The molecule has 0 aromatic heterocycles. The van der Waals surface area contributed by atoms with Crippen LogP contribution < -0.4 is 20.1 Å². The van der Waals surface area contributed by atoms with Gasteiger partial charge in [-0.2, -0.15) is 13.2 Å². The molecule has 0 bridgehead atoms. The van der Waals surface area contributed by atoms with Crippen molar-refractivity contribution in [2.24, 2.45) is 0 Å². The van der Waals surface area contributed by atoms with Crippen molar-refractivity contribution in [2.75, 3.05) is 40.9 Å². The number of ether oxygens (including phenoxy) is 2. The van der Waals surface area contributed by atoms with Crippen molar-refractivity contribution >= 4 is 17.8 Å². The standard InChI is InChI=1S/C26H27F3N4O5/c1-32-18-13-33(14-21(34)30-11-10-15-8-9-19(37-2)20(12-15)38-3)24(35)22(18)23(31-25(32)36)16-6-4-5-7-17(16)26(27,28)29/h4-9,12,23H,10-11,13-14H2,1-3H3,(H,30,34)(H,31,36). The van der Waals surface area contributed by atoms with Gasteiger partial charge in [0.1, 0.15) is 6.54 Å². The molecular weight excluding hydrogens is 505 g/mol. The van der Waals surface area contributed by atoms with E-state index in [0.717, 1.165) is 11.6 Å². The van der Waals surface area contributed by atoms with Gasteiger partial charge < -0.3 is 25.0 Å². The predicted octanol–water partition coefficient (Wildman–Crippen LogP) is 2.87. The molecule has 2 aliphatic rings. The lowest BCUT2D eigenvalue weighted by Gasteiger charge is -2.32. The number of alkyl halides is 3. The van der Waals surface area contributed by atoms with E-state index in [0.29, 0.717) is 17.9 Å². The van der Waals surface area contributed by atoms with Crippen LogP contribution in [0.25, 0.3) is 0 Å². The number of amides is 4. The van der Waals surface area contributed by atoms with E-state index in [1.54, 1.807) is 12.1 Å². The topological polar surface area (TPSA) is 100 Å². The Morgan fingerprint density at radius 2 is 1.82 bits per heavy atom. The number of methoxy groups -OCH3 is 2. The molecule has 2 heterocycles. The quantitative estimate of drug-likeness (QED) is 0.545. The van der Waals surface area contributed by atoms with Crippen LogP contribution in [0, 0.1) is 0 Å². The lowest BCUT2D eigenvalue weighted by molar-refractivity contribution is -0.138. The smallest absolute Gasteiger partial charge is 0.416 e. The molecule has 4 rings (SSSR count). The highest BCUT2D eigenvalue weighted by Gasteiger charge is 2.46. The van der Waals surface area contributed by atoms with Crippen molar-refractivity contribution in [3.8, 4) is 11.5 Å². The molecule has 2 N–H and O–H groups in total. The van der Waals surface area contributed by atoms with Crippen LogP contribution in [0.4, 0.5) is 18.0 Å². The molecule has 38 heavy (non-hydrogen) atoms. The van der Waals surface area contributed by atoms with Gasteiger partial charge in [0.05, 0.1) is 43.6 Å². The Morgan fingerprint density at radius 1 is 1.11 bits per heavy atom. The largest absolute Gasteiger partial charge is 0.493 e. The van der Waals surface area contributed by atoms with Crippen LogP contribution in [-0.4, -0.2) is 68.5 Å². The molecule has 0 aliphatic carbocycles. The summed E-state index contributed by atoms with van der Waals surface area (Å²) in [6.45, 7) is -0.107. The Kier molecular flexibility index (Phi) is 7.51. The number of rotatable bonds is 8. The molecule has 12 heteroatoms. The van der Waals surface area contributed by atoms with Crippen LogP contribution in [0.1, 0.15) is 22.7 Å². The van der Waals surface area contributed by atoms with E-state index in [4.69, 9.17) is 9.47 Å². The van der Waals surface area contributed by atoms with E-state index >= 15 is 0 Å². The number of urea groups is 1. The zero-order chi connectivity index (χ0) is 27.6. The molecular formula is C26H27F3N4O5. The molecule has 0 fully saturated rings. The fraction of sp³-hybridized carbons (Fsp3) is 0.346. The first-order chi connectivity index (χ1) is 18.0. The lowest BCUT2D eigenvalue weighted by Crippen LogP contribution is -2.45. The number of carbonyl (C=O) groups is 3. The van der Waals surface area contributed by atoms with Crippen molar-refractivity contribution in [1.82, 2.24) is 20.4 Å². The number of carbonyl (C=O) groups excluding carboxylic acids is 3. The molecule has 1 atom stereocenters. The van der Waals surface area contributed by atoms with Gasteiger partial charge in [0.15, 0.2) is 11.5 Å². The maximum atomic E-state index is 13.7. The average Bonchev–Trinajstić information content (AvgIpc) is 3.21. The van der Waals surface area contributed by atoms with Gasteiger partial charge in [-0.25, -0.2) is 4.79 Å². The van der Waals surface area contributed by atoms with Crippen molar-refractivity contribution in [3.05, 3.63) is 70.4 Å². The Balaban J connectivity index is 1.45. The summed E-state index contributed by atoms with van der Waals surface area (Å²) >= 11 is 0. The van der Waals surface area contributed by atoms with E-state index in [9.17, 15) is 27.6 Å². The SMILES string of the molecule is COc1ccc(CCNC(=O)CN2CC3=C(C2=O)C(c2ccccc2C(F)(F)F)NC(=O)N3C)cc1OC. The minimum Gasteiger partial charge on any atom is -0.493 e. The van der Waals surface area contributed by atoms with Gasteiger partial charge in [-0.05, 0) is 35.7 Å². The van der Waals surface area contributed by atoms with Gasteiger partial charge in [-0.15, -0.1) is 0 Å². The maximum absolute atomic E-state index is 13.7. The number of nitrogens with one attached hydrogen (secondary N) is 2. The monoisotopic (exact) mass is 532 g/mol. The van der Waals surface area contributed by atoms with Crippen LogP contribution in [0.3, 0.4) is 0 Å². The zero-order valence-corrected chi connectivity index (χ0v) is 21.0. The Labute approximate surface area is 217 Å². The maximum Gasteiger partial charge on any atom is 0.416 e. The molecule has 0 saturated heterocycles. The number of nitrogens with zero attached hydrogens (tertiary/aromatic N) is 2. The van der Waals surface area contributed by atoms with Gasteiger partial charge in [0, 0.05) is 13.6 Å². The molecule has 1 unspecified atom stereocenters. The zero-order valence-electron chi connectivity index (χ0n) is 21.0. The Morgan fingerprint density at radius 3 is 2.50 bits per heavy atom. The molecule has 2 aromatic carbocycles. The molecule has 0 saturated carbocycles. The summed E-state index contributed by atoms with van der Waals surface area (Å²) in [4.78, 5) is 40.9. The van der Waals surface area contributed by atoms with Gasteiger partial charge in [-0.1, -0.05) is 24.3 Å². The van der Waals surface area contributed by atoms with Crippen molar-refractivity contribution in [2.45, 2.75) is 18.6 Å². The van der Waals surface area contributed by atoms with E-state index in [2.05, 4.69) is 10.6 Å². The van der Waals surface area contributed by atoms with Gasteiger partial charge >= 0.3 is 12.2 Å². The van der Waals surface area contributed by atoms with Crippen LogP contribution in [0.5, 0.6) is 11.5 Å².